The largest absolute Gasteiger partial charge is 0.227 e. The number of rotatable bonds is 12. The quantitative estimate of drug-likeness (QED) is 0.561. The molecule has 5 nitrogen and oxygen atoms in total. The maximum atomic E-state index is 11.9. The third kappa shape index (κ3) is 8.90. The molecule has 0 saturated carbocycles. The van der Waals surface area contributed by atoms with Crippen molar-refractivity contribution in [1.82, 2.24) is 4.72 Å². The van der Waals surface area contributed by atoms with Gasteiger partial charge >= 0.3 is 0 Å². The molecular weight excluding hydrogens is 274 g/mol. The van der Waals surface area contributed by atoms with E-state index in [0.29, 0.717) is 19.4 Å². The molecule has 0 aliphatic heterocycles. The predicted molar refractivity (Wildman–Crippen MR) is 79.2 cm³/mol. The normalized spacial score (nSPS) is 12.6. The van der Waals surface area contributed by atoms with Crippen molar-refractivity contribution in [2.75, 3.05) is 6.54 Å². The van der Waals surface area contributed by atoms with Crippen molar-refractivity contribution < 1.29 is 8.42 Å². The summed E-state index contributed by atoms with van der Waals surface area (Å²) >= 11 is 0. The van der Waals surface area contributed by atoms with Crippen molar-refractivity contribution in [3.8, 4) is 12.1 Å². The van der Waals surface area contributed by atoms with Crippen LogP contribution >= 0.6 is 0 Å². The summed E-state index contributed by atoms with van der Waals surface area (Å²) in [6.45, 7) is 2.37. The molecule has 0 spiro atoms. The molecule has 1 N–H and O–H groups in total. The van der Waals surface area contributed by atoms with E-state index in [1.54, 1.807) is 0 Å². The third-order valence-corrected chi connectivity index (χ3v) is 4.80. The average Bonchev–Trinajstić information content (AvgIpc) is 2.42. The van der Waals surface area contributed by atoms with E-state index in [1.165, 1.54) is 0 Å². The van der Waals surface area contributed by atoms with Gasteiger partial charge in [0.05, 0.1) is 12.1 Å². The number of hydrogen-bond donors (Lipinski definition) is 1. The van der Waals surface area contributed by atoms with Crippen LogP contribution in [0.2, 0.25) is 0 Å². The van der Waals surface area contributed by atoms with Crippen LogP contribution in [0.25, 0.3) is 0 Å². The molecule has 114 valence electrons. The Balaban J connectivity index is 3.82. The van der Waals surface area contributed by atoms with Gasteiger partial charge in [-0.05, 0) is 19.3 Å². The van der Waals surface area contributed by atoms with Crippen molar-refractivity contribution >= 4 is 10.0 Å². The van der Waals surface area contributed by atoms with Crippen LogP contribution in [0.15, 0.2) is 0 Å². The summed E-state index contributed by atoms with van der Waals surface area (Å²) < 4.78 is 26.3. The molecule has 0 aromatic rings. The highest BCUT2D eigenvalue weighted by atomic mass is 32.2. The highest BCUT2D eigenvalue weighted by Crippen LogP contribution is 2.09. The van der Waals surface area contributed by atoms with E-state index in [9.17, 15) is 8.42 Å². The number of nitrogens with one attached hydrogen (secondary N) is 1. The Morgan fingerprint density at radius 3 is 2.30 bits per heavy atom. The van der Waals surface area contributed by atoms with Crippen LogP contribution in [0.4, 0.5) is 0 Å². The molecule has 0 fully saturated rings. The van der Waals surface area contributed by atoms with Crippen molar-refractivity contribution in [3.05, 3.63) is 0 Å². The number of sulfonamides is 1. The molecule has 6 heteroatoms. The first kappa shape index (κ1) is 18.9. The van der Waals surface area contributed by atoms with E-state index >= 15 is 0 Å². The zero-order valence-electron chi connectivity index (χ0n) is 12.3. The average molecular weight is 299 g/mol. The van der Waals surface area contributed by atoms with Crippen molar-refractivity contribution in [2.45, 2.75) is 70.0 Å². The van der Waals surface area contributed by atoms with E-state index in [4.69, 9.17) is 10.5 Å². The number of hydrogen-bond acceptors (Lipinski definition) is 4. The van der Waals surface area contributed by atoms with E-state index in [0.717, 1.165) is 44.9 Å². The molecule has 0 aromatic carbocycles. The van der Waals surface area contributed by atoms with Gasteiger partial charge in [-0.15, -0.1) is 0 Å². The van der Waals surface area contributed by atoms with Gasteiger partial charge in [-0.3, -0.25) is 0 Å². The molecule has 0 radical (unpaired) electrons. The van der Waals surface area contributed by atoms with Gasteiger partial charge in [0.2, 0.25) is 10.0 Å². The SMILES string of the molecule is CCCCC(C#N)S(=O)(=O)NCCCCCCCC#N. The fourth-order valence-electron chi connectivity index (χ4n) is 1.85. The summed E-state index contributed by atoms with van der Waals surface area (Å²) in [5, 5.41) is 16.4. The monoisotopic (exact) mass is 299 g/mol. The minimum atomic E-state index is -3.50. The summed E-state index contributed by atoms with van der Waals surface area (Å²) in [7, 11) is -3.50. The van der Waals surface area contributed by atoms with Gasteiger partial charge in [0.1, 0.15) is 0 Å². The van der Waals surface area contributed by atoms with Gasteiger partial charge in [-0.2, -0.15) is 10.5 Å². The van der Waals surface area contributed by atoms with Crippen molar-refractivity contribution in [2.24, 2.45) is 0 Å². The Hall–Kier alpha value is -1.11. The molecule has 20 heavy (non-hydrogen) atoms. The van der Waals surface area contributed by atoms with Crippen LogP contribution < -0.4 is 4.72 Å². The highest BCUT2D eigenvalue weighted by Gasteiger charge is 2.23. The van der Waals surface area contributed by atoms with E-state index in [-0.39, 0.29) is 0 Å². The van der Waals surface area contributed by atoms with Crippen molar-refractivity contribution in [3.63, 3.8) is 0 Å². The Kier molecular flexibility index (Phi) is 11.0. The van der Waals surface area contributed by atoms with Gasteiger partial charge < -0.3 is 0 Å². The molecule has 0 rings (SSSR count). The standard InChI is InChI=1S/C14H25N3O2S/c1-2-3-10-14(13-16)20(18,19)17-12-9-7-5-4-6-8-11-15/h14,17H,2-10,12H2,1H3. The van der Waals surface area contributed by atoms with E-state index in [1.807, 2.05) is 13.0 Å². The lowest BCUT2D eigenvalue weighted by atomic mass is 10.1. The summed E-state index contributed by atoms with van der Waals surface area (Å²) in [4.78, 5) is 0. The zero-order chi connectivity index (χ0) is 15.3. The molecule has 0 heterocycles. The maximum Gasteiger partial charge on any atom is 0.227 e. The van der Waals surface area contributed by atoms with Gasteiger partial charge in [0, 0.05) is 13.0 Å². The minimum absolute atomic E-state index is 0.394. The van der Waals surface area contributed by atoms with Crippen LogP contribution in [0.5, 0.6) is 0 Å². The Bertz CT molecular complexity index is 421. The van der Waals surface area contributed by atoms with Crippen LogP contribution in [0.1, 0.15) is 64.7 Å². The number of unbranched alkanes of at least 4 members (excludes halogenated alkanes) is 6. The fraction of sp³-hybridized carbons (Fsp3) is 0.857. The Morgan fingerprint density at radius 1 is 1.05 bits per heavy atom. The molecule has 0 bridgehead atoms. The molecular formula is C14H25N3O2S. The molecule has 1 unspecified atom stereocenters. The summed E-state index contributed by atoms with van der Waals surface area (Å²) in [5.74, 6) is 0. The molecule has 0 aromatic heterocycles. The summed E-state index contributed by atoms with van der Waals surface area (Å²) in [6, 6.07) is 3.97. The Labute approximate surface area is 123 Å². The van der Waals surface area contributed by atoms with Crippen LogP contribution in [0.3, 0.4) is 0 Å². The maximum absolute atomic E-state index is 11.9. The van der Waals surface area contributed by atoms with E-state index < -0.39 is 15.3 Å². The van der Waals surface area contributed by atoms with Gasteiger partial charge in [0.15, 0.2) is 5.25 Å². The summed E-state index contributed by atoms with van der Waals surface area (Å²) in [6.07, 6.45) is 7.28. The third-order valence-electron chi connectivity index (χ3n) is 3.11. The predicted octanol–water partition coefficient (Wildman–Crippen LogP) is 2.85. The minimum Gasteiger partial charge on any atom is -0.214 e. The molecule has 0 amide bonds. The van der Waals surface area contributed by atoms with Crippen LogP contribution in [-0.2, 0) is 10.0 Å². The van der Waals surface area contributed by atoms with Gasteiger partial charge in [0.25, 0.3) is 0 Å². The van der Waals surface area contributed by atoms with Gasteiger partial charge in [-0.25, -0.2) is 13.1 Å². The first-order valence-electron chi connectivity index (χ1n) is 7.33. The second-order valence-corrected chi connectivity index (χ2v) is 6.82. The molecule has 0 saturated heterocycles. The Morgan fingerprint density at radius 2 is 1.70 bits per heavy atom. The molecule has 1 atom stereocenters. The number of nitriles is 2. The van der Waals surface area contributed by atoms with Gasteiger partial charge in [-0.1, -0.05) is 39.0 Å². The zero-order valence-corrected chi connectivity index (χ0v) is 13.1. The van der Waals surface area contributed by atoms with Crippen molar-refractivity contribution in [1.29, 1.82) is 10.5 Å². The second-order valence-electron chi connectivity index (χ2n) is 4.88. The number of nitrogens with zero attached hydrogens (tertiary/aromatic N) is 2. The fourth-order valence-corrected chi connectivity index (χ4v) is 3.10. The van der Waals surface area contributed by atoms with E-state index in [2.05, 4.69) is 10.8 Å². The molecule has 0 aliphatic rings. The lowest BCUT2D eigenvalue weighted by Gasteiger charge is -2.11. The lowest BCUT2D eigenvalue weighted by molar-refractivity contribution is 0.557. The summed E-state index contributed by atoms with van der Waals surface area (Å²) in [5.41, 5.74) is 0. The smallest absolute Gasteiger partial charge is 0.214 e. The topological polar surface area (TPSA) is 93.8 Å². The van der Waals surface area contributed by atoms with Crippen LogP contribution in [-0.4, -0.2) is 20.2 Å². The highest BCUT2D eigenvalue weighted by molar-refractivity contribution is 7.90. The van der Waals surface area contributed by atoms with Crippen LogP contribution in [0, 0.1) is 22.7 Å². The second kappa shape index (κ2) is 11.7. The first-order chi connectivity index (χ1) is 9.58. The first-order valence-corrected chi connectivity index (χ1v) is 8.88. The lowest BCUT2D eigenvalue weighted by Crippen LogP contribution is -2.34. The molecule has 0 aliphatic carbocycles.